The van der Waals surface area contributed by atoms with Gasteiger partial charge in [0.2, 0.25) is 5.91 Å². The van der Waals surface area contributed by atoms with Crippen LogP contribution in [0.2, 0.25) is 0 Å². The fourth-order valence-corrected chi connectivity index (χ4v) is 2.68. The molecule has 0 saturated carbocycles. The molecular weight excluding hydrogens is 346 g/mol. The molecule has 8 heteroatoms. The molecule has 2 aromatic heterocycles. The molecule has 0 saturated heterocycles. The summed E-state index contributed by atoms with van der Waals surface area (Å²) in [6.45, 7) is 3.93. The summed E-state index contributed by atoms with van der Waals surface area (Å²) < 4.78 is 4.91. The maximum Gasteiger partial charge on any atom is 0.254 e. The predicted octanol–water partition coefficient (Wildman–Crippen LogP) is 2.07. The van der Waals surface area contributed by atoms with Crippen LogP contribution < -0.4 is 16.4 Å². The van der Waals surface area contributed by atoms with Crippen LogP contribution in [-0.2, 0) is 11.3 Å². The second-order valence-electron chi connectivity index (χ2n) is 6.47. The summed E-state index contributed by atoms with van der Waals surface area (Å²) in [5, 5.41) is 6.64. The maximum absolute atomic E-state index is 12.1. The standard InChI is InChI=1S/C19H21N5O3/c1-11(2)16(17(20)25)24-18-13-5-3-4-6-14(13)22-15(23-18)9-21-19(26)12-7-8-27-10-12/h3-8,10-11,16H,9H2,1-2H3,(H2,20,25)(H,21,26)(H,22,23,24)/t16-/m0/s1. The fraction of sp³-hybridized carbons (Fsp3) is 0.263. The van der Waals surface area contributed by atoms with E-state index in [0.717, 1.165) is 5.39 Å². The zero-order valence-electron chi connectivity index (χ0n) is 15.1. The first kappa shape index (κ1) is 18.4. The number of nitrogens with two attached hydrogens (primary N) is 1. The Hall–Kier alpha value is -3.42. The average molecular weight is 367 g/mol. The van der Waals surface area contributed by atoms with E-state index < -0.39 is 11.9 Å². The Morgan fingerprint density at radius 2 is 1.96 bits per heavy atom. The van der Waals surface area contributed by atoms with Gasteiger partial charge >= 0.3 is 0 Å². The Labute approximate surface area is 156 Å². The molecule has 140 valence electrons. The van der Waals surface area contributed by atoms with Crippen LogP contribution in [0.25, 0.3) is 10.9 Å². The van der Waals surface area contributed by atoms with Crippen molar-refractivity contribution in [2.45, 2.75) is 26.4 Å². The van der Waals surface area contributed by atoms with E-state index in [0.29, 0.717) is 22.7 Å². The number of nitrogens with one attached hydrogen (secondary N) is 2. The van der Waals surface area contributed by atoms with Crippen molar-refractivity contribution in [3.63, 3.8) is 0 Å². The predicted molar refractivity (Wildman–Crippen MR) is 101 cm³/mol. The second kappa shape index (κ2) is 7.86. The van der Waals surface area contributed by atoms with Gasteiger partial charge in [-0.2, -0.15) is 0 Å². The Balaban J connectivity index is 1.88. The van der Waals surface area contributed by atoms with E-state index in [1.807, 2.05) is 38.1 Å². The lowest BCUT2D eigenvalue weighted by Gasteiger charge is -2.21. The largest absolute Gasteiger partial charge is 0.472 e. The first-order chi connectivity index (χ1) is 13.0. The Morgan fingerprint density at radius 3 is 2.63 bits per heavy atom. The summed E-state index contributed by atoms with van der Waals surface area (Å²) in [5.41, 5.74) is 6.63. The highest BCUT2D eigenvalue weighted by atomic mass is 16.3. The van der Waals surface area contributed by atoms with Gasteiger partial charge in [0.05, 0.1) is 23.9 Å². The number of carbonyl (C=O) groups excluding carboxylic acids is 2. The minimum Gasteiger partial charge on any atom is -0.472 e. The van der Waals surface area contributed by atoms with Crippen molar-refractivity contribution in [1.29, 1.82) is 0 Å². The summed E-state index contributed by atoms with van der Waals surface area (Å²) in [6.07, 6.45) is 2.79. The van der Waals surface area contributed by atoms with Crippen LogP contribution in [0.4, 0.5) is 5.82 Å². The zero-order chi connectivity index (χ0) is 19.4. The van der Waals surface area contributed by atoms with Crippen LogP contribution in [0.5, 0.6) is 0 Å². The van der Waals surface area contributed by atoms with Gasteiger partial charge in [0, 0.05) is 5.39 Å². The first-order valence-corrected chi connectivity index (χ1v) is 8.57. The lowest BCUT2D eigenvalue weighted by atomic mass is 10.0. The van der Waals surface area contributed by atoms with Gasteiger partial charge in [-0.15, -0.1) is 0 Å². The van der Waals surface area contributed by atoms with Crippen LogP contribution in [-0.4, -0.2) is 27.8 Å². The minimum absolute atomic E-state index is 0.0135. The van der Waals surface area contributed by atoms with E-state index in [4.69, 9.17) is 10.2 Å². The highest BCUT2D eigenvalue weighted by Gasteiger charge is 2.21. The molecule has 2 heterocycles. The molecule has 27 heavy (non-hydrogen) atoms. The van der Waals surface area contributed by atoms with Gasteiger partial charge in [-0.3, -0.25) is 9.59 Å². The van der Waals surface area contributed by atoms with E-state index in [-0.39, 0.29) is 18.4 Å². The maximum atomic E-state index is 12.1. The molecule has 3 aromatic rings. The van der Waals surface area contributed by atoms with Crippen molar-refractivity contribution >= 4 is 28.5 Å². The molecule has 0 radical (unpaired) electrons. The molecule has 0 spiro atoms. The average Bonchev–Trinajstić information content (AvgIpc) is 3.18. The van der Waals surface area contributed by atoms with E-state index in [9.17, 15) is 9.59 Å². The van der Waals surface area contributed by atoms with Crippen molar-refractivity contribution in [3.8, 4) is 0 Å². The van der Waals surface area contributed by atoms with Crippen molar-refractivity contribution < 1.29 is 14.0 Å². The number of nitrogens with zero attached hydrogens (tertiary/aromatic N) is 2. The molecule has 0 unspecified atom stereocenters. The quantitative estimate of drug-likeness (QED) is 0.587. The van der Waals surface area contributed by atoms with Crippen LogP contribution in [0, 0.1) is 5.92 Å². The number of hydrogen-bond acceptors (Lipinski definition) is 6. The first-order valence-electron chi connectivity index (χ1n) is 8.57. The summed E-state index contributed by atoms with van der Waals surface area (Å²) >= 11 is 0. The molecule has 4 N–H and O–H groups in total. The van der Waals surface area contributed by atoms with E-state index in [2.05, 4.69) is 20.6 Å². The lowest BCUT2D eigenvalue weighted by molar-refractivity contribution is -0.119. The summed E-state index contributed by atoms with van der Waals surface area (Å²) in [5.74, 6) is 0.167. The van der Waals surface area contributed by atoms with E-state index in [1.165, 1.54) is 12.5 Å². The second-order valence-corrected chi connectivity index (χ2v) is 6.47. The molecule has 1 atom stereocenters. The van der Waals surface area contributed by atoms with Gasteiger partial charge < -0.3 is 20.8 Å². The fourth-order valence-electron chi connectivity index (χ4n) is 2.68. The van der Waals surface area contributed by atoms with Crippen molar-refractivity contribution in [2.24, 2.45) is 11.7 Å². The van der Waals surface area contributed by atoms with Crippen molar-refractivity contribution in [2.75, 3.05) is 5.32 Å². The molecule has 0 aliphatic heterocycles. The summed E-state index contributed by atoms with van der Waals surface area (Å²) in [4.78, 5) is 32.8. The third kappa shape index (κ3) is 4.22. The molecule has 0 aliphatic carbocycles. The van der Waals surface area contributed by atoms with Crippen LogP contribution in [0.3, 0.4) is 0 Å². The third-order valence-electron chi connectivity index (χ3n) is 4.11. The van der Waals surface area contributed by atoms with Gasteiger partial charge in [0.1, 0.15) is 18.1 Å². The number of primary amides is 1. The van der Waals surface area contributed by atoms with Crippen LogP contribution in [0.15, 0.2) is 47.3 Å². The lowest BCUT2D eigenvalue weighted by Crippen LogP contribution is -2.40. The third-order valence-corrected chi connectivity index (χ3v) is 4.11. The van der Waals surface area contributed by atoms with Crippen molar-refractivity contribution in [1.82, 2.24) is 15.3 Å². The van der Waals surface area contributed by atoms with Crippen LogP contribution in [0.1, 0.15) is 30.0 Å². The number of benzene rings is 1. The molecule has 0 aliphatic rings. The number of furan rings is 1. The van der Waals surface area contributed by atoms with Crippen LogP contribution >= 0.6 is 0 Å². The smallest absolute Gasteiger partial charge is 0.254 e. The number of para-hydroxylation sites is 1. The number of hydrogen-bond donors (Lipinski definition) is 3. The molecule has 0 fully saturated rings. The summed E-state index contributed by atoms with van der Waals surface area (Å²) in [7, 11) is 0. The monoisotopic (exact) mass is 367 g/mol. The number of fused-ring (bicyclic) bond motifs is 1. The van der Waals surface area contributed by atoms with E-state index in [1.54, 1.807) is 6.07 Å². The number of amides is 2. The van der Waals surface area contributed by atoms with Gasteiger partial charge in [-0.25, -0.2) is 9.97 Å². The summed E-state index contributed by atoms with van der Waals surface area (Å²) in [6, 6.07) is 8.44. The number of rotatable bonds is 7. The van der Waals surface area contributed by atoms with Gasteiger partial charge in [0.15, 0.2) is 5.82 Å². The molecular formula is C19H21N5O3. The van der Waals surface area contributed by atoms with Gasteiger partial charge in [0.25, 0.3) is 5.91 Å². The van der Waals surface area contributed by atoms with Gasteiger partial charge in [-0.1, -0.05) is 26.0 Å². The zero-order valence-corrected chi connectivity index (χ0v) is 15.1. The van der Waals surface area contributed by atoms with Crippen molar-refractivity contribution in [3.05, 3.63) is 54.2 Å². The van der Waals surface area contributed by atoms with Gasteiger partial charge in [-0.05, 0) is 24.1 Å². The normalized spacial score (nSPS) is 12.1. The molecule has 2 amide bonds. The SMILES string of the molecule is CC(C)[C@H](Nc1nc(CNC(=O)c2ccoc2)nc2ccccc12)C(N)=O. The minimum atomic E-state index is -0.573. The Bertz CT molecular complexity index is 953. The molecule has 8 nitrogen and oxygen atoms in total. The number of aromatic nitrogens is 2. The Kier molecular flexibility index (Phi) is 5.35. The number of carbonyl (C=O) groups is 2. The Morgan fingerprint density at radius 1 is 1.19 bits per heavy atom. The molecule has 1 aromatic carbocycles. The highest BCUT2D eigenvalue weighted by molar-refractivity contribution is 5.94. The topological polar surface area (TPSA) is 123 Å². The number of anilines is 1. The molecule has 0 bridgehead atoms. The van der Waals surface area contributed by atoms with E-state index >= 15 is 0 Å². The molecule has 3 rings (SSSR count). The highest BCUT2D eigenvalue weighted by Crippen LogP contribution is 2.22.